The van der Waals surface area contributed by atoms with E-state index < -0.39 is 22.4 Å². The predicted octanol–water partition coefficient (Wildman–Crippen LogP) is 0.661. The van der Waals surface area contributed by atoms with Crippen LogP contribution in [0.4, 0.5) is 0 Å². The van der Waals surface area contributed by atoms with Crippen LogP contribution in [-0.4, -0.2) is 51.1 Å². The van der Waals surface area contributed by atoms with Gasteiger partial charge in [0, 0.05) is 29.4 Å². The van der Waals surface area contributed by atoms with Gasteiger partial charge in [0.2, 0.25) is 11.8 Å². The summed E-state index contributed by atoms with van der Waals surface area (Å²) in [6, 6.07) is -0.428. The van der Waals surface area contributed by atoms with Gasteiger partial charge in [-0.1, -0.05) is 20.8 Å². The molecule has 110 valence electrons. The summed E-state index contributed by atoms with van der Waals surface area (Å²) in [5.41, 5.74) is -0.780. The lowest BCUT2D eigenvalue weighted by atomic mass is 9.86. The van der Waals surface area contributed by atoms with Gasteiger partial charge in [0.25, 0.3) is 0 Å². The summed E-state index contributed by atoms with van der Waals surface area (Å²) in [5.74, 6) is 0.293. The number of hydrogen-bond donors (Lipinski definition) is 1. The Hall–Kier alpha value is -0.910. The topological polar surface area (TPSA) is 66.5 Å². The van der Waals surface area contributed by atoms with Gasteiger partial charge < -0.3 is 10.2 Å². The third kappa shape index (κ3) is 3.16. The van der Waals surface area contributed by atoms with Gasteiger partial charge in [-0.25, -0.2) is 0 Å². The van der Waals surface area contributed by atoms with Crippen LogP contribution in [0.2, 0.25) is 0 Å². The number of piperazine rings is 1. The summed E-state index contributed by atoms with van der Waals surface area (Å²) in [4.78, 5) is 26.4. The first-order chi connectivity index (χ1) is 8.91. The van der Waals surface area contributed by atoms with Crippen LogP contribution in [0.25, 0.3) is 0 Å². The summed E-state index contributed by atoms with van der Waals surface area (Å²) < 4.78 is 11.2. The molecule has 19 heavy (non-hydrogen) atoms. The van der Waals surface area contributed by atoms with Crippen molar-refractivity contribution in [2.75, 3.05) is 18.6 Å². The molecule has 0 bridgehead atoms. The van der Waals surface area contributed by atoms with Gasteiger partial charge in [0.1, 0.15) is 11.6 Å². The van der Waals surface area contributed by atoms with E-state index >= 15 is 0 Å². The summed E-state index contributed by atoms with van der Waals surface area (Å²) in [7, 11) is -0.965. The number of carbonyl (C=O) groups is 2. The summed E-state index contributed by atoms with van der Waals surface area (Å²) in [6.07, 6.45) is 3.35. The molecule has 0 aliphatic carbocycles. The molecule has 6 heteroatoms. The Balaban J connectivity index is 3.01. The van der Waals surface area contributed by atoms with Gasteiger partial charge in [0.05, 0.1) is 0 Å². The third-order valence-corrected chi connectivity index (χ3v) is 4.68. The van der Waals surface area contributed by atoms with Crippen molar-refractivity contribution in [1.82, 2.24) is 10.2 Å². The molecule has 2 atom stereocenters. The van der Waals surface area contributed by atoms with Crippen LogP contribution in [0, 0.1) is 0 Å². The van der Waals surface area contributed by atoms with E-state index in [1.807, 2.05) is 20.8 Å². The van der Waals surface area contributed by atoms with E-state index in [1.54, 1.807) is 11.2 Å². The summed E-state index contributed by atoms with van der Waals surface area (Å²) in [6.45, 7) is 6.09. The highest BCUT2D eigenvalue weighted by molar-refractivity contribution is 7.84. The molecule has 0 radical (unpaired) electrons. The standard InChI is InChI=1S/C13H24N2O3S/c1-5-10-11(16)14-13(6-2,7-3)12(17)15(10)8-9-19(4)18/h10H,5-9H2,1-4H3,(H,14,16). The Kier molecular flexibility index (Phi) is 5.52. The maximum Gasteiger partial charge on any atom is 0.249 e. The largest absolute Gasteiger partial charge is 0.340 e. The van der Waals surface area contributed by atoms with Gasteiger partial charge in [-0.05, 0) is 19.3 Å². The van der Waals surface area contributed by atoms with E-state index in [1.165, 1.54) is 0 Å². The molecule has 1 fully saturated rings. The number of amides is 2. The Labute approximate surface area is 117 Å². The summed E-state index contributed by atoms with van der Waals surface area (Å²) >= 11 is 0. The molecule has 0 spiro atoms. The number of nitrogens with one attached hydrogen (secondary N) is 1. The molecular formula is C13H24N2O3S. The second kappa shape index (κ2) is 6.50. The van der Waals surface area contributed by atoms with Crippen LogP contribution in [0.5, 0.6) is 0 Å². The molecule has 0 aromatic carbocycles. The first-order valence-corrected chi connectivity index (χ1v) is 8.57. The number of nitrogens with zero attached hydrogens (tertiary/aromatic N) is 1. The fourth-order valence-corrected chi connectivity index (χ4v) is 3.00. The van der Waals surface area contributed by atoms with E-state index in [-0.39, 0.29) is 11.8 Å². The SMILES string of the molecule is CCC1C(=O)NC(CC)(CC)C(=O)N1CCS(C)=O. The van der Waals surface area contributed by atoms with E-state index in [9.17, 15) is 13.8 Å². The lowest BCUT2D eigenvalue weighted by molar-refractivity contribution is -0.155. The zero-order valence-electron chi connectivity index (χ0n) is 12.2. The van der Waals surface area contributed by atoms with Crippen LogP contribution >= 0.6 is 0 Å². The Bertz CT molecular complexity index is 380. The van der Waals surface area contributed by atoms with Crippen molar-refractivity contribution < 1.29 is 13.8 Å². The quantitative estimate of drug-likeness (QED) is 0.781. The molecule has 1 heterocycles. The molecular weight excluding hydrogens is 264 g/mol. The maximum absolute atomic E-state index is 12.6. The number of hydrogen-bond acceptors (Lipinski definition) is 3. The monoisotopic (exact) mass is 288 g/mol. The molecule has 2 amide bonds. The third-order valence-electron chi connectivity index (χ3n) is 3.93. The van der Waals surface area contributed by atoms with Crippen molar-refractivity contribution in [1.29, 1.82) is 0 Å². The Morgan fingerprint density at radius 2 is 1.84 bits per heavy atom. The average Bonchev–Trinajstić information content (AvgIpc) is 2.38. The Morgan fingerprint density at radius 3 is 2.26 bits per heavy atom. The lowest BCUT2D eigenvalue weighted by Crippen LogP contribution is -2.70. The molecule has 0 aromatic rings. The van der Waals surface area contributed by atoms with Crippen molar-refractivity contribution in [3.8, 4) is 0 Å². The van der Waals surface area contributed by atoms with Crippen molar-refractivity contribution >= 4 is 22.6 Å². The van der Waals surface area contributed by atoms with Gasteiger partial charge >= 0.3 is 0 Å². The minimum absolute atomic E-state index is 0.0330. The second-order valence-electron chi connectivity index (χ2n) is 4.98. The molecule has 1 rings (SSSR count). The zero-order chi connectivity index (χ0) is 14.6. The minimum atomic E-state index is -0.965. The molecule has 1 aliphatic rings. The highest BCUT2D eigenvalue weighted by Crippen LogP contribution is 2.25. The van der Waals surface area contributed by atoms with Crippen molar-refractivity contribution in [3.05, 3.63) is 0 Å². The van der Waals surface area contributed by atoms with E-state index in [4.69, 9.17) is 0 Å². The fourth-order valence-electron chi connectivity index (χ4n) is 2.55. The normalized spacial score (nSPS) is 24.2. The van der Waals surface area contributed by atoms with Gasteiger partial charge in [-0.2, -0.15) is 0 Å². The van der Waals surface area contributed by atoms with E-state index in [0.29, 0.717) is 31.6 Å². The average molecular weight is 288 g/mol. The Morgan fingerprint density at radius 1 is 1.26 bits per heavy atom. The zero-order valence-corrected chi connectivity index (χ0v) is 13.0. The number of rotatable bonds is 6. The predicted molar refractivity (Wildman–Crippen MR) is 76.2 cm³/mol. The maximum atomic E-state index is 12.6. The molecule has 5 nitrogen and oxygen atoms in total. The fraction of sp³-hybridized carbons (Fsp3) is 0.846. The van der Waals surface area contributed by atoms with Crippen LogP contribution < -0.4 is 5.32 Å². The molecule has 0 aromatic heterocycles. The highest BCUT2D eigenvalue weighted by Gasteiger charge is 2.47. The molecule has 1 N–H and O–H groups in total. The first kappa shape index (κ1) is 16.1. The van der Waals surface area contributed by atoms with Gasteiger partial charge in [-0.3, -0.25) is 13.8 Å². The molecule has 0 saturated carbocycles. The number of carbonyl (C=O) groups excluding carboxylic acids is 2. The van der Waals surface area contributed by atoms with Crippen LogP contribution in [-0.2, 0) is 20.4 Å². The van der Waals surface area contributed by atoms with Crippen LogP contribution in [0.3, 0.4) is 0 Å². The van der Waals surface area contributed by atoms with Crippen LogP contribution in [0.15, 0.2) is 0 Å². The second-order valence-corrected chi connectivity index (χ2v) is 6.53. The highest BCUT2D eigenvalue weighted by atomic mass is 32.2. The van der Waals surface area contributed by atoms with E-state index in [0.717, 1.165) is 0 Å². The van der Waals surface area contributed by atoms with Gasteiger partial charge in [0.15, 0.2) is 0 Å². The van der Waals surface area contributed by atoms with Gasteiger partial charge in [-0.15, -0.1) is 0 Å². The van der Waals surface area contributed by atoms with Crippen molar-refractivity contribution in [3.63, 3.8) is 0 Å². The lowest BCUT2D eigenvalue weighted by Gasteiger charge is -2.45. The summed E-state index contributed by atoms with van der Waals surface area (Å²) in [5, 5.41) is 2.89. The minimum Gasteiger partial charge on any atom is -0.340 e. The van der Waals surface area contributed by atoms with Crippen LogP contribution in [0.1, 0.15) is 40.0 Å². The first-order valence-electron chi connectivity index (χ1n) is 6.85. The smallest absolute Gasteiger partial charge is 0.249 e. The van der Waals surface area contributed by atoms with Crippen molar-refractivity contribution in [2.45, 2.75) is 51.6 Å². The molecule has 1 saturated heterocycles. The van der Waals surface area contributed by atoms with Crippen molar-refractivity contribution in [2.24, 2.45) is 0 Å². The molecule has 2 unspecified atom stereocenters. The molecule has 1 aliphatic heterocycles. The van der Waals surface area contributed by atoms with E-state index in [2.05, 4.69) is 5.32 Å².